The van der Waals surface area contributed by atoms with Crippen LogP contribution in [0.15, 0.2) is 97.1 Å². The molecule has 212 valence electrons. The van der Waals surface area contributed by atoms with Crippen LogP contribution < -0.4 is 9.47 Å². The molecule has 4 rings (SSSR count). The standard InChI is InChI=1S/C33H26F6O2/c1-4-22(3)24-8-16-28(17-9-24)41-30-20-12-26(13-21-30)31(32(34,35)36,33(37,38)39)25-10-18-29(19-11-25)40-27-14-6-23(5-2)7-15-27/h2,6-22H,4H2,1,3H3. The molecule has 1 atom stereocenters. The number of benzene rings is 4. The average Bonchev–Trinajstić information content (AvgIpc) is 2.94. The van der Waals surface area contributed by atoms with E-state index in [0.717, 1.165) is 60.5 Å². The van der Waals surface area contributed by atoms with Crippen LogP contribution in [0.4, 0.5) is 26.3 Å². The monoisotopic (exact) mass is 568 g/mol. The molecule has 0 amide bonds. The lowest BCUT2D eigenvalue weighted by molar-refractivity contribution is -0.288. The van der Waals surface area contributed by atoms with Crippen molar-refractivity contribution in [1.82, 2.24) is 0 Å². The summed E-state index contributed by atoms with van der Waals surface area (Å²) >= 11 is 0. The van der Waals surface area contributed by atoms with Crippen LogP contribution in [0.1, 0.15) is 48.4 Å². The van der Waals surface area contributed by atoms with Crippen molar-refractivity contribution in [3.63, 3.8) is 0 Å². The molecule has 0 spiro atoms. The lowest BCUT2D eigenvalue weighted by atomic mass is 9.73. The molecule has 0 N–H and O–H groups in total. The second-order valence-electron chi connectivity index (χ2n) is 9.55. The topological polar surface area (TPSA) is 18.5 Å². The van der Waals surface area contributed by atoms with Gasteiger partial charge >= 0.3 is 12.4 Å². The van der Waals surface area contributed by atoms with E-state index in [1.54, 1.807) is 36.4 Å². The van der Waals surface area contributed by atoms with Gasteiger partial charge in [-0.3, -0.25) is 0 Å². The lowest BCUT2D eigenvalue weighted by Gasteiger charge is -2.38. The largest absolute Gasteiger partial charge is 0.457 e. The first-order chi connectivity index (χ1) is 19.4. The third-order valence-electron chi connectivity index (χ3n) is 6.98. The van der Waals surface area contributed by atoms with Crippen molar-refractivity contribution in [2.75, 3.05) is 0 Å². The summed E-state index contributed by atoms with van der Waals surface area (Å²) in [6, 6.07) is 20.9. The average molecular weight is 569 g/mol. The summed E-state index contributed by atoms with van der Waals surface area (Å²) < 4.78 is 98.5. The Labute approximate surface area is 234 Å². The Bertz CT molecular complexity index is 1470. The predicted octanol–water partition coefficient (Wildman–Crippen LogP) is 10.2. The quantitative estimate of drug-likeness (QED) is 0.156. The Morgan fingerprint density at radius 1 is 0.610 bits per heavy atom. The summed E-state index contributed by atoms with van der Waals surface area (Å²) in [6.07, 6.45) is -5.18. The zero-order valence-corrected chi connectivity index (χ0v) is 22.2. The normalized spacial score (nSPS) is 12.9. The summed E-state index contributed by atoms with van der Waals surface area (Å²) in [5, 5.41) is 0. The number of hydrogen-bond donors (Lipinski definition) is 0. The van der Waals surface area contributed by atoms with Crippen molar-refractivity contribution in [2.24, 2.45) is 0 Å². The molecule has 0 saturated carbocycles. The van der Waals surface area contributed by atoms with Gasteiger partial charge in [-0.05, 0) is 89.7 Å². The summed E-state index contributed by atoms with van der Waals surface area (Å²) in [7, 11) is 0. The van der Waals surface area contributed by atoms with Crippen LogP contribution >= 0.6 is 0 Å². The Kier molecular flexibility index (Phi) is 8.39. The zero-order chi connectivity index (χ0) is 29.8. The molecule has 41 heavy (non-hydrogen) atoms. The Balaban J connectivity index is 1.66. The van der Waals surface area contributed by atoms with E-state index in [9.17, 15) is 26.3 Å². The maximum atomic E-state index is 14.5. The number of halogens is 6. The molecule has 0 radical (unpaired) electrons. The first-order valence-corrected chi connectivity index (χ1v) is 12.8. The molecule has 0 aliphatic carbocycles. The minimum atomic E-state index is -5.72. The number of rotatable bonds is 8. The SMILES string of the molecule is C#Cc1ccc(Oc2ccc(C(c3ccc(Oc4ccc(C(C)CC)cc4)cc3)(C(F)(F)F)C(F)(F)F)cc2)cc1. The number of terminal acetylenes is 1. The molecule has 2 nitrogen and oxygen atoms in total. The molecule has 0 aliphatic heterocycles. The van der Waals surface area contributed by atoms with Crippen LogP contribution in [-0.2, 0) is 5.41 Å². The van der Waals surface area contributed by atoms with Crippen LogP contribution in [0.25, 0.3) is 0 Å². The summed E-state index contributed by atoms with van der Waals surface area (Å²) in [5.74, 6) is 3.66. The maximum Gasteiger partial charge on any atom is 0.411 e. The molecule has 0 heterocycles. The third-order valence-corrected chi connectivity index (χ3v) is 6.98. The van der Waals surface area contributed by atoms with Gasteiger partial charge in [0.2, 0.25) is 5.41 Å². The van der Waals surface area contributed by atoms with Crippen molar-refractivity contribution in [3.05, 3.63) is 119 Å². The first-order valence-electron chi connectivity index (χ1n) is 12.8. The van der Waals surface area contributed by atoms with Gasteiger partial charge < -0.3 is 9.47 Å². The molecule has 0 fully saturated rings. The summed E-state index contributed by atoms with van der Waals surface area (Å²) in [4.78, 5) is 0. The van der Waals surface area contributed by atoms with Gasteiger partial charge in [0.25, 0.3) is 0 Å². The van der Waals surface area contributed by atoms with Gasteiger partial charge in [0, 0.05) is 5.56 Å². The Morgan fingerprint density at radius 2 is 0.951 bits per heavy atom. The van der Waals surface area contributed by atoms with Gasteiger partial charge in [0.15, 0.2) is 0 Å². The number of hydrogen-bond acceptors (Lipinski definition) is 2. The number of ether oxygens (including phenoxy) is 2. The van der Waals surface area contributed by atoms with Crippen molar-refractivity contribution in [1.29, 1.82) is 0 Å². The molecule has 1 unspecified atom stereocenters. The minimum Gasteiger partial charge on any atom is -0.457 e. The van der Waals surface area contributed by atoms with Crippen molar-refractivity contribution < 1.29 is 35.8 Å². The van der Waals surface area contributed by atoms with E-state index in [-0.39, 0.29) is 11.5 Å². The first kappa shape index (κ1) is 29.6. The van der Waals surface area contributed by atoms with Gasteiger partial charge in [-0.2, -0.15) is 26.3 Å². The van der Waals surface area contributed by atoms with E-state index < -0.39 is 28.9 Å². The molecule has 8 heteroatoms. The van der Waals surface area contributed by atoms with Crippen LogP contribution in [0.2, 0.25) is 0 Å². The van der Waals surface area contributed by atoms with Crippen molar-refractivity contribution >= 4 is 0 Å². The fourth-order valence-corrected chi connectivity index (χ4v) is 4.52. The van der Waals surface area contributed by atoms with E-state index in [2.05, 4.69) is 19.8 Å². The third kappa shape index (κ3) is 6.04. The van der Waals surface area contributed by atoms with Gasteiger partial charge in [-0.25, -0.2) is 0 Å². The Morgan fingerprint density at radius 3 is 1.27 bits per heavy atom. The van der Waals surface area contributed by atoms with Crippen LogP contribution in [0, 0.1) is 12.3 Å². The summed E-state index contributed by atoms with van der Waals surface area (Å²) in [5.41, 5.74) is -4.60. The second kappa shape index (κ2) is 11.6. The van der Waals surface area contributed by atoms with E-state index in [1.807, 2.05) is 12.1 Å². The number of alkyl halides is 6. The highest BCUT2D eigenvalue weighted by atomic mass is 19.4. The van der Waals surface area contributed by atoms with Gasteiger partial charge in [-0.15, -0.1) is 6.42 Å². The predicted molar refractivity (Wildman–Crippen MR) is 145 cm³/mol. The molecule has 0 aromatic heterocycles. The molecule has 4 aromatic rings. The fourth-order valence-electron chi connectivity index (χ4n) is 4.52. The van der Waals surface area contributed by atoms with Crippen LogP contribution in [-0.4, -0.2) is 12.4 Å². The van der Waals surface area contributed by atoms with Gasteiger partial charge in [0.1, 0.15) is 23.0 Å². The molecular formula is C33H26F6O2. The maximum absolute atomic E-state index is 14.5. The highest BCUT2D eigenvalue weighted by molar-refractivity contribution is 5.48. The molecule has 0 saturated heterocycles. The summed E-state index contributed by atoms with van der Waals surface area (Å²) in [6.45, 7) is 4.13. The van der Waals surface area contributed by atoms with E-state index in [0.29, 0.717) is 23.0 Å². The van der Waals surface area contributed by atoms with Gasteiger partial charge in [-0.1, -0.05) is 56.2 Å². The Hall–Kier alpha value is -4.38. The molecule has 4 aromatic carbocycles. The smallest absolute Gasteiger partial charge is 0.411 e. The van der Waals surface area contributed by atoms with E-state index in [1.165, 1.54) is 0 Å². The lowest BCUT2D eigenvalue weighted by Crippen LogP contribution is -2.54. The van der Waals surface area contributed by atoms with E-state index >= 15 is 0 Å². The van der Waals surface area contributed by atoms with Crippen LogP contribution in [0.5, 0.6) is 23.0 Å². The van der Waals surface area contributed by atoms with Crippen LogP contribution in [0.3, 0.4) is 0 Å². The minimum absolute atomic E-state index is 0.0588. The van der Waals surface area contributed by atoms with Crippen molar-refractivity contribution in [3.8, 4) is 35.3 Å². The molecular weight excluding hydrogens is 542 g/mol. The highest BCUT2D eigenvalue weighted by Gasteiger charge is 2.72. The highest BCUT2D eigenvalue weighted by Crippen LogP contribution is 2.56. The molecule has 0 aliphatic rings. The fraction of sp³-hybridized carbons (Fsp3) is 0.212. The van der Waals surface area contributed by atoms with Gasteiger partial charge in [0.05, 0.1) is 0 Å². The van der Waals surface area contributed by atoms with E-state index in [4.69, 9.17) is 15.9 Å². The van der Waals surface area contributed by atoms with Crippen molar-refractivity contribution in [2.45, 2.75) is 44.0 Å². The molecule has 0 bridgehead atoms. The zero-order valence-electron chi connectivity index (χ0n) is 22.2. The second-order valence-corrected chi connectivity index (χ2v) is 9.55.